The molecule has 25 heavy (non-hydrogen) atoms. The first-order chi connectivity index (χ1) is 12.2. The van der Waals surface area contributed by atoms with Gasteiger partial charge in [0.05, 0.1) is 17.8 Å². The molecule has 1 aromatic carbocycles. The standard InChI is InChI=1S/C20H21N3OS/c1-15(10-11-16-7-3-2-4-8-16)22-19(24)13-17-14-25-20(23-17)18-9-5-6-12-21-18/h2-9,12,14-15H,10-11,13H2,1H3,(H,22,24)/t15-/m0/s1. The molecule has 5 heteroatoms. The van der Waals surface area contributed by atoms with Crippen LogP contribution in [0.15, 0.2) is 60.1 Å². The van der Waals surface area contributed by atoms with Gasteiger partial charge in [0, 0.05) is 17.6 Å². The lowest BCUT2D eigenvalue weighted by Gasteiger charge is -2.13. The van der Waals surface area contributed by atoms with Gasteiger partial charge in [-0.3, -0.25) is 9.78 Å². The number of hydrogen-bond donors (Lipinski definition) is 1. The van der Waals surface area contributed by atoms with Gasteiger partial charge in [-0.1, -0.05) is 36.4 Å². The summed E-state index contributed by atoms with van der Waals surface area (Å²) in [5.74, 6) is 0.0124. The van der Waals surface area contributed by atoms with Gasteiger partial charge in [-0.15, -0.1) is 11.3 Å². The van der Waals surface area contributed by atoms with Crippen molar-refractivity contribution in [1.29, 1.82) is 0 Å². The van der Waals surface area contributed by atoms with E-state index < -0.39 is 0 Å². The Morgan fingerprint density at radius 2 is 1.96 bits per heavy atom. The van der Waals surface area contributed by atoms with Crippen LogP contribution in [-0.4, -0.2) is 21.9 Å². The monoisotopic (exact) mass is 351 g/mol. The van der Waals surface area contributed by atoms with Crippen LogP contribution in [0.25, 0.3) is 10.7 Å². The highest BCUT2D eigenvalue weighted by atomic mass is 32.1. The number of amides is 1. The third kappa shape index (κ3) is 5.22. The number of pyridine rings is 1. The fraction of sp³-hybridized carbons (Fsp3) is 0.250. The van der Waals surface area contributed by atoms with Crippen LogP contribution in [0.2, 0.25) is 0 Å². The average molecular weight is 351 g/mol. The summed E-state index contributed by atoms with van der Waals surface area (Å²) in [5.41, 5.74) is 2.93. The topological polar surface area (TPSA) is 54.9 Å². The summed E-state index contributed by atoms with van der Waals surface area (Å²) in [5, 5.41) is 5.83. The summed E-state index contributed by atoms with van der Waals surface area (Å²) in [6.45, 7) is 2.04. The molecule has 4 nitrogen and oxygen atoms in total. The minimum atomic E-state index is 0.0124. The summed E-state index contributed by atoms with van der Waals surface area (Å²) in [6, 6.07) is 16.2. The molecule has 1 N–H and O–H groups in total. The summed E-state index contributed by atoms with van der Waals surface area (Å²) in [6.07, 6.45) is 3.94. The van der Waals surface area contributed by atoms with Gasteiger partial charge in [-0.2, -0.15) is 0 Å². The van der Waals surface area contributed by atoms with Crippen molar-refractivity contribution >= 4 is 17.2 Å². The Morgan fingerprint density at radius 1 is 1.16 bits per heavy atom. The fourth-order valence-corrected chi connectivity index (χ4v) is 3.38. The van der Waals surface area contributed by atoms with Crippen LogP contribution in [-0.2, 0) is 17.6 Å². The second kappa shape index (κ2) is 8.53. The third-order valence-electron chi connectivity index (χ3n) is 3.89. The van der Waals surface area contributed by atoms with Crippen molar-refractivity contribution in [1.82, 2.24) is 15.3 Å². The lowest BCUT2D eigenvalue weighted by Crippen LogP contribution is -2.34. The number of thiazole rings is 1. The number of nitrogens with zero attached hydrogens (tertiary/aromatic N) is 2. The SMILES string of the molecule is C[C@@H](CCc1ccccc1)NC(=O)Cc1csc(-c2ccccn2)n1. The van der Waals surface area contributed by atoms with E-state index in [0.29, 0.717) is 6.42 Å². The molecule has 0 radical (unpaired) electrons. The Kier molecular flexibility index (Phi) is 5.90. The Balaban J connectivity index is 1.48. The molecule has 0 saturated carbocycles. The van der Waals surface area contributed by atoms with Crippen LogP contribution in [0.4, 0.5) is 0 Å². The van der Waals surface area contributed by atoms with Crippen LogP contribution >= 0.6 is 11.3 Å². The molecule has 0 aliphatic carbocycles. The quantitative estimate of drug-likeness (QED) is 0.703. The van der Waals surface area contributed by atoms with Gasteiger partial charge in [-0.25, -0.2) is 4.98 Å². The molecule has 0 bridgehead atoms. The van der Waals surface area contributed by atoms with Crippen LogP contribution in [0, 0.1) is 0 Å². The van der Waals surface area contributed by atoms with Gasteiger partial charge in [0.15, 0.2) is 0 Å². The van der Waals surface area contributed by atoms with Crippen molar-refractivity contribution in [3.63, 3.8) is 0 Å². The van der Waals surface area contributed by atoms with E-state index in [1.165, 1.54) is 16.9 Å². The van der Waals surface area contributed by atoms with Crippen molar-refractivity contribution in [2.24, 2.45) is 0 Å². The zero-order chi connectivity index (χ0) is 17.5. The third-order valence-corrected chi connectivity index (χ3v) is 4.81. The number of benzene rings is 1. The van der Waals surface area contributed by atoms with E-state index in [9.17, 15) is 4.79 Å². The molecule has 0 spiro atoms. The van der Waals surface area contributed by atoms with Crippen molar-refractivity contribution < 1.29 is 4.79 Å². The Bertz CT molecular complexity index is 802. The highest BCUT2D eigenvalue weighted by Crippen LogP contribution is 2.21. The molecule has 2 heterocycles. The maximum Gasteiger partial charge on any atom is 0.226 e. The summed E-state index contributed by atoms with van der Waals surface area (Å²) in [4.78, 5) is 21.0. The van der Waals surface area contributed by atoms with Crippen LogP contribution in [0.5, 0.6) is 0 Å². The number of aryl methyl sites for hydroxylation is 1. The summed E-state index contributed by atoms with van der Waals surface area (Å²) in [7, 11) is 0. The van der Waals surface area contributed by atoms with E-state index in [2.05, 4.69) is 27.4 Å². The first-order valence-corrected chi connectivity index (χ1v) is 9.28. The first kappa shape index (κ1) is 17.3. The predicted molar refractivity (Wildman–Crippen MR) is 101 cm³/mol. The van der Waals surface area contributed by atoms with Gasteiger partial charge in [0.25, 0.3) is 0 Å². The molecule has 2 aromatic heterocycles. The number of aromatic nitrogens is 2. The van der Waals surface area contributed by atoms with Gasteiger partial charge >= 0.3 is 0 Å². The summed E-state index contributed by atoms with van der Waals surface area (Å²) >= 11 is 1.52. The number of hydrogen-bond acceptors (Lipinski definition) is 4. The molecule has 1 atom stereocenters. The zero-order valence-corrected chi connectivity index (χ0v) is 15.0. The largest absolute Gasteiger partial charge is 0.353 e. The van der Waals surface area contributed by atoms with E-state index in [-0.39, 0.29) is 11.9 Å². The lowest BCUT2D eigenvalue weighted by molar-refractivity contribution is -0.121. The highest BCUT2D eigenvalue weighted by molar-refractivity contribution is 7.13. The maximum atomic E-state index is 12.2. The Hall–Kier alpha value is -2.53. The fourth-order valence-electron chi connectivity index (χ4n) is 2.59. The maximum absolute atomic E-state index is 12.2. The molecule has 0 unspecified atom stereocenters. The van der Waals surface area contributed by atoms with E-state index in [1.807, 2.05) is 48.7 Å². The minimum Gasteiger partial charge on any atom is -0.353 e. The first-order valence-electron chi connectivity index (χ1n) is 8.40. The van der Waals surface area contributed by atoms with Gasteiger partial charge in [0.2, 0.25) is 5.91 Å². The van der Waals surface area contributed by atoms with Crippen molar-refractivity contribution in [3.8, 4) is 10.7 Å². The average Bonchev–Trinajstić information content (AvgIpc) is 3.10. The van der Waals surface area contributed by atoms with Crippen LogP contribution < -0.4 is 5.32 Å². The van der Waals surface area contributed by atoms with E-state index in [1.54, 1.807) is 6.20 Å². The number of rotatable bonds is 7. The van der Waals surface area contributed by atoms with Gasteiger partial charge in [0.1, 0.15) is 5.01 Å². The van der Waals surface area contributed by atoms with E-state index in [4.69, 9.17) is 0 Å². The molecule has 1 amide bonds. The number of carbonyl (C=O) groups excluding carboxylic acids is 1. The summed E-state index contributed by atoms with van der Waals surface area (Å²) < 4.78 is 0. The van der Waals surface area contributed by atoms with Crippen LogP contribution in [0.3, 0.4) is 0 Å². The van der Waals surface area contributed by atoms with E-state index >= 15 is 0 Å². The Morgan fingerprint density at radius 3 is 2.72 bits per heavy atom. The molecule has 0 fully saturated rings. The second-order valence-electron chi connectivity index (χ2n) is 6.03. The van der Waals surface area contributed by atoms with Crippen molar-refractivity contribution in [3.05, 3.63) is 71.4 Å². The minimum absolute atomic E-state index is 0.0124. The molecule has 0 saturated heterocycles. The lowest BCUT2D eigenvalue weighted by atomic mass is 10.1. The van der Waals surface area contributed by atoms with Gasteiger partial charge in [-0.05, 0) is 37.5 Å². The van der Waals surface area contributed by atoms with Gasteiger partial charge < -0.3 is 5.32 Å². The normalized spacial score (nSPS) is 11.9. The molecule has 3 aromatic rings. The molecular formula is C20H21N3OS. The molecular weight excluding hydrogens is 330 g/mol. The second-order valence-corrected chi connectivity index (χ2v) is 6.89. The van der Waals surface area contributed by atoms with Crippen LogP contribution in [0.1, 0.15) is 24.6 Å². The zero-order valence-electron chi connectivity index (χ0n) is 14.2. The molecule has 0 aliphatic rings. The predicted octanol–water partition coefficient (Wildman–Crippen LogP) is 3.89. The highest BCUT2D eigenvalue weighted by Gasteiger charge is 2.12. The smallest absolute Gasteiger partial charge is 0.226 e. The number of nitrogens with one attached hydrogen (secondary N) is 1. The van der Waals surface area contributed by atoms with E-state index in [0.717, 1.165) is 29.2 Å². The number of carbonyl (C=O) groups is 1. The van der Waals surface area contributed by atoms with Crippen molar-refractivity contribution in [2.45, 2.75) is 32.2 Å². The molecule has 3 rings (SSSR count). The Labute approximate surface area is 152 Å². The molecule has 0 aliphatic heterocycles. The molecule has 128 valence electrons. The van der Waals surface area contributed by atoms with Crippen molar-refractivity contribution in [2.75, 3.05) is 0 Å².